The topological polar surface area (TPSA) is 25.8 Å². The van der Waals surface area contributed by atoms with Crippen LogP contribution in [0.5, 0.6) is 0 Å². The highest BCUT2D eigenvalue weighted by Crippen LogP contribution is 2.40. The van der Waals surface area contributed by atoms with Crippen LogP contribution in [0.25, 0.3) is 49.5 Å². The first-order valence-corrected chi connectivity index (χ1v) is 14.9. The molecule has 0 N–H and O–H groups in total. The Morgan fingerprint density at radius 1 is 0.698 bits per heavy atom. The van der Waals surface area contributed by atoms with Crippen LogP contribution in [0.15, 0.2) is 164 Å². The highest BCUT2D eigenvalue weighted by atomic mass is 14.7. The van der Waals surface area contributed by atoms with Crippen LogP contribution in [0.3, 0.4) is 0 Å². The highest BCUT2D eigenvalue weighted by Gasteiger charge is 2.19. The van der Waals surface area contributed by atoms with Crippen LogP contribution >= 0.6 is 0 Å². The van der Waals surface area contributed by atoms with Crippen molar-refractivity contribution in [3.63, 3.8) is 0 Å². The van der Waals surface area contributed by atoms with Gasteiger partial charge in [0.05, 0.1) is 5.69 Å². The van der Waals surface area contributed by atoms with E-state index < -0.39 is 0 Å². The number of nitrogens with zero attached hydrogens (tertiary/aromatic N) is 2. The van der Waals surface area contributed by atoms with Gasteiger partial charge < -0.3 is 0 Å². The molecule has 43 heavy (non-hydrogen) atoms. The van der Waals surface area contributed by atoms with Gasteiger partial charge in [-0.05, 0) is 92.4 Å². The lowest BCUT2D eigenvalue weighted by atomic mass is 9.84. The average Bonchev–Trinajstić information content (AvgIpc) is 3.07. The van der Waals surface area contributed by atoms with E-state index in [-0.39, 0.29) is 0 Å². The summed E-state index contributed by atoms with van der Waals surface area (Å²) in [5, 5.41) is 5.19. The molecule has 206 valence electrons. The Morgan fingerprint density at radius 2 is 1.37 bits per heavy atom. The second-order valence-corrected chi connectivity index (χ2v) is 10.9. The van der Waals surface area contributed by atoms with E-state index in [0.29, 0.717) is 0 Å². The van der Waals surface area contributed by atoms with Crippen molar-refractivity contribution in [1.82, 2.24) is 9.97 Å². The smallest absolute Gasteiger partial charge is 0.0795 e. The summed E-state index contributed by atoms with van der Waals surface area (Å²) in [5.74, 6) is 0. The van der Waals surface area contributed by atoms with Crippen LogP contribution in [0.4, 0.5) is 0 Å². The SMILES string of the molecule is C=C1CCC=C(c2cccnc2-c2cccnc2)/C1=C/C=C\Cc1c2ccccc2c(-c2ccccc2)c2ccccc12. The van der Waals surface area contributed by atoms with Crippen molar-refractivity contribution in [3.05, 3.63) is 175 Å². The van der Waals surface area contributed by atoms with E-state index in [1.54, 1.807) is 6.20 Å². The Hall–Kier alpha value is -5.34. The fourth-order valence-electron chi connectivity index (χ4n) is 6.35. The van der Waals surface area contributed by atoms with Crippen molar-refractivity contribution in [3.8, 4) is 22.4 Å². The molecule has 0 aliphatic heterocycles. The second-order valence-electron chi connectivity index (χ2n) is 10.9. The van der Waals surface area contributed by atoms with Crippen LogP contribution in [0.1, 0.15) is 24.0 Å². The average molecular weight is 553 g/mol. The third-order valence-corrected chi connectivity index (χ3v) is 8.32. The van der Waals surface area contributed by atoms with E-state index in [2.05, 4.69) is 127 Å². The van der Waals surface area contributed by atoms with E-state index in [9.17, 15) is 0 Å². The molecular weight excluding hydrogens is 520 g/mol. The number of pyridine rings is 2. The molecule has 0 fully saturated rings. The molecule has 4 aromatic carbocycles. The van der Waals surface area contributed by atoms with Crippen molar-refractivity contribution in [2.24, 2.45) is 0 Å². The van der Waals surface area contributed by atoms with Crippen LogP contribution in [-0.4, -0.2) is 9.97 Å². The molecule has 0 amide bonds. The summed E-state index contributed by atoms with van der Waals surface area (Å²) in [6.07, 6.45) is 17.3. The maximum absolute atomic E-state index is 4.75. The predicted molar refractivity (Wildman–Crippen MR) is 182 cm³/mol. The third-order valence-electron chi connectivity index (χ3n) is 8.32. The summed E-state index contributed by atoms with van der Waals surface area (Å²) in [6, 6.07) is 36.6. The molecule has 2 nitrogen and oxygen atoms in total. The first-order valence-electron chi connectivity index (χ1n) is 14.9. The monoisotopic (exact) mass is 552 g/mol. The zero-order chi connectivity index (χ0) is 29.0. The van der Waals surface area contributed by atoms with Gasteiger partial charge in [0.15, 0.2) is 0 Å². The molecular formula is C41H32N2. The lowest BCUT2D eigenvalue weighted by Gasteiger charge is -2.21. The summed E-state index contributed by atoms with van der Waals surface area (Å²) in [4.78, 5) is 9.08. The van der Waals surface area contributed by atoms with E-state index in [4.69, 9.17) is 4.98 Å². The van der Waals surface area contributed by atoms with Crippen LogP contribution < -0.4 is 0 Å². The third kappa shape index (κ3) is 5.13. The van der Waals surface area contributed by atoms with Crippen molar-refractivity contribution >= 4 is 27.1 Å². The van der Waals surface area contributed by atoms with Gasteiger partial charge in [0, 0.05) is 29.7 Å². The molecule has 1 aliphatic carbocycles. The van der Waals surface area contributed by atoms with E-state index >= 15 is 0 Å². The molecule has 0 unspecified atom stereocenters. The molecule has 0 saturated heterocycles. The van der Waals surface area contributed by atoms with Gasteiger partial charge in [0.2, 0.25) is 0 Å². The molecule has 0 atom stereocenters. The zero-order valence-electron chi connectivity index (χ0n) is 24.1. The van der Waals surface area contributed by atoms with Gasteiger partial charge in [-0.3, -0.25) is 9.97 Å². The number of hydrogen-bond acceptors (Lipinski definition) is 2. The van der Waals surface area contributed by atoms with Crippen molar-refractivity contribution in [2.45, 2.75) is 19.3 Å². The first kappa shape index (κ1) is 26.6. The van der Waals surface area contributed by atoms with Gasteiger partial charge in [-0.2, -0.15) is 0 Å². The Kier molecular flexibility index (Phi) is 7.33. The highest BCUT2D eigenvalue weighted by molar-refractivity contribution is 6.15. The summed E-state index contributed by atoms with van der Waals surface area (Å²) >= 11 is 0. The maximum Gasteiger partial charge on any atom is 0.0795 e. The lowest BCUT2D eigenvalue weighted by molar-refractivity contribution is 0.979. The fourth-order valence-corrected chi connectivity index (χ4v) is 6.35. The summed E-state index contributed by atoms with van der Waals surface area (Å²) < 4.78 is 0. The van der Waals surface area contributed by atoms with Crippen LogP contribution in [0, 0.1) is 0 Å². The summed E-state index contributed by atoms with van der Waals surface area (Å²) in [6.45, 7) is 4.46. The summed E-state index contributed by atoms with van der Waals surface area (Å²) in [7, 11) is 0. The largest absolute Gasteiger partial charge is 0.264 e. The molecule has 2 heterocycles. The normalized spacial score (nSPS) is 14.6. The molecule has 0 saturated carbocycles. The van der Waals surface area contributed by atoms with E-state index in [0.717, 1.165) is 41.7 Å². The standard InChI is InChI=1S/C41H32N2/c1-29-14-11-24-33(39-25-13-27-43-41(39)31-17-12-26-42-28-31)32(29)18-5-6-19-34-35-20-7-9-22-37(35)40(30-15-3-2-4-16-30)38-23-10-8-21-36(34)38/h2-10,12-13,15-18,20-28H,1,11,14,19H2/b6-5-,32-18+. The van der Waals surface area contributed by atoms with Crippen molar-refractivity contribution in [2.75, 3.05) is 0 Å². The van der Waals surface area contributed by atoms with E-state index in [1.165, 1.54) is 49.4 Å². The molecule has 2 heteroatoms. The molecule has 0 radical (unpaired) electrons. The number of aromatic nitrogens is 2. The van der Waals surface area contributed by atoms with Gasteiger partial charge in [-0.15, -0.1) is 0 Å². The Bertz CT molecular complexity index is 1990. The number of benzene rings is 4. The zero-order valence-corrected chi connectivity index (χ0v) is 24.1. The molecule has 6 aromatic rings. The van der Waals surface area contributed by atoms with Gasteiger partial charge in [-0.25, -0.2) is 0 Å². The summed E-state index contributed by atoms with van der Waals surface area (Å²) in [5.41, 5.74) is 10.5. The Labute approximate surface area is 253 Å². The number of allylic oxidation sites excluding steroid dienone is 7. The first-order chi connectivity index (χ1) is 21.3. The van der Waals surface area contributed by atoms with Gasteiger partial charge in [0.25, 0.3) is 0 Å². The van der Waals surface area contributed by atoms with Crippen molar-refractivity contribution < 1.29 is 0 Å². The predicted octanol–water partition coefficient (Wildman–Crippen LogP) is 10.6. The minimum atomic E-state index is 0.833. The van der Waals surface area contributed by atoms with Crippen molar-refractivity contribution in [1.29, 1.82) is 0 Å². The Balaban J connectivity index is 1.28. The minimum Gasteiger partial charge on any atom is -0.264 e. The Morgan fingerprint density at radius 3 is 2.09 bits per heavy atom. The number of fused-ring (bicyclic) bond motifs is 2. The van der Waals surface area contributed by atoms with Gasteiger partial charge in [-0.1, -0.05) is 116 Å². The van der Waals surface area contributed by atoms with Crippen LogP contribution in [0.2, 0.25) is 0 Å². The number of hydrogen-bond donors (Lipinski definition) is 0. The molecule has 7 rings (SSSR count). The number of rotatable bonds is 6. The maximum atomic E-state index is 4.75. The molecule has 0 bridgehead atoms. The second kappa shape index (κ2) is 11.9. The molecule has 1 aliphatic rings. The van der Waals surface area contributed by atoms with Gasteiger partial charge in [0.1, 0.15) is 0 Å². The van der Waals surface area contributed by atoms with Crippen LogP contribution in [-0.2, 0) is 6.42 Å². The van der Waals surface area contributed by atoms with E-state index in [1.807, 2.05) is 24.5 Å². The van der Waals surface area contributed by atoms with Gasteiger partial charge >= 0.3 is 0 Å². The fraction of sp³-hybridized carbons (Fsp3) is 0.0732. The molecule has 2 aromatic heterocycles. The quantitative estimate of drug-likeness (QED) is 0.192. The molecule has 0 spiro atoms. The minimum absolute atomic E-state index is 0.833. The lowest BCUT2D eigenvalue weighted by Crippen LogP contribution is -2.02.